The van der Waals surface area contributed by atoms with Gasteiger partial charge in [0.05, 0.1) is 5.60 Å². The van der Waals surface area contributed by atoms with Crippen LogP contribution in [-0.2, 0) is 29.5 Å². The Morgan fingerprint density at radius 1 is 1.16 bits per heavy atom. The van der Waals surface area contributed by atoms with Crippen molar-refractivity contribution >= 4 is 25.9 Å². The number of alkyl halides is 3. The Balaban J connectivity index is 0. The summed E-state index contributed by atoms with van der Waals surface area (Å²) in [6, 6.07) is 0. The molecule has 0 atom stereocenters. The molecule has 1 rings (SSSR count). The molecule has 1 amide bonds. The molecular formula is C12H24F3NO7S2. The molecule has 1 saturated heterocycles. The SMILES string of the molecule is CC(C)(C)OCS(C)(=O)=O.CN1CCCC1=O.O=S(=O)(O)C(F)(F)F. The van der Waals surface area contributed by atoms with E-state index in [1.807, 2.05) is 27.8 Å². The molecule has 152 valence electrons. The number of likely N-dealkylation sites (tertiary alicyclic amines) is 1. The van der Waals surface area contributed by atoms with Gasteiger partial charge in [0.25, 0.3) is 0 Å². The van der Waals surface area contributed by atoms with Crippen LogP contribution in [0.1, 0.15) is 33.6 Å². The van der Waals surface area contributed by atoms with Crippen LogP contribution in [0.5, 0.6) is 0 Å². The number of sulfone groups is 1. The van der Waals surface area contributed by atoms with Crippen LogP contribution in [0.15, 0.2) is 0 Å². The maximum Gasteiger partial charge on any atom is 0.522 e. The summed E-state index contributed by atoms with van der Waals surface area (Å²) >= 11 is 0. The number of carbonyl (C=O) groups is 1. The lowest BCUT2D eigenvalue weighted by atomic mass is 10.2. The molecule has 1 N–H and O–H groups in total. The lowest BCUT2D eigenvalue weighted by Crippen LogP contribution is -2.23. The van der Waals surface area contributed by atoms with Crippen molar-refractivity contribution in [2.45, 2.75) is 44.7 Å². The Morgan fingerprint density at radius 3 is 1.64 bits per heavy atom. The highest BCUT2D eigenvalue weighted by Gasteiger charge is 2.44. The summed E-state index contributed by atoms with van der Waals surface area (Å²) < 4.78 is 83.7. The molecule has 0 unspecified atom stereocenters. The average molecular weight is 415 g/mol. The summed E-state index contributed by atoms with van der Waals surface area (Å²) in [5, 5.41) is 0. The molecule has 1 aliphatic heterocycles. The molecule has 8 nitrogen and oxygen atoms in total. The minimum Gasteiger partial charge on any atom is -0.360 e. The van der Waals surface area contributed by atoms with Crippen molar-refractivity contribution in [2.24, 2.45) is 0 Å². The zero-order chi connectivity index (χ0) is 20.7. The van der Waals surface area contributed by atoms with Crippen LogP contribution >= 0.6 is 0 Å². The summed E-state index contributed by atoms with van der Waals surface area (Å²) in [6.45, 7) is 6.41. The molecular weight excluding hydrogens is 391 g/mol. The number of hydrogen-bond donors (Lipinski definition) is 1. The fourth-order valence-electron chi connectivity index (χ4n) is 1.07. The molecule has 0 saturated carbocycles. The van der Waals surface area contributed by atoms with E-state index in [-0.39, 0.29) is 11.5 Å². The predicted octanol–water partition coefficient (Wildman–Crippen LogP) is 1.44. The molecule has 0 aromatic carbocycles. The van der Waals surface area contributed by atoms with E-state index in [2.05, 4.69) is 0 Å². The van der Waals surface area contributed by atoms with Gasteiger partial charge >= 0.3 is 15.6 Å². The molecule has 25 heavy (non-hydrogen) atoms. The van der Waals surface area contributed by atoms with Gasteiger partial charge in [0.2, 0.25) is 5.91 Å². The summed E-state index contributed by atoms with van der Waals surface area (Å²) in [4.78, 5) is 12.3. The highest BCUT2D eigenvalue weighted by molar-refractivity contribution is 7.90. The van der Waals surface area contributed by atoms with Gasteiger partial charge in [0, 0.05) is 26.3 Å². The number of ether oxygens (including phenoxy) is 1. The maximum absolute atomic E-state index is 10.7. The molecule has 1 aliphatic rings. The van der Waals surface area contributed by atoms with Crippen LogP contribution in [0.2, 0.25) is 0 Å². The summed E-state index contributed by atoms with van der Waals surface area (Å²) in [5.41, 5.74) is -5.91. The summed E-state index contributed by atoms with van der Waals surface area (Å²) in [6.07, 6.45) is 2.96. The summed E-state index contributed by atoms with van der Waals surface area (Å²) in [5.74, 6) is 0.0938. The van der Waals surface area contributed by atoms with Gasteiger partial charge in [-0.3, -0.25) is 9.35 Å². The first-order valence-corrected chi connectivity index (χ1v) is 10.4. The van der Waals surface area contributed by atoms with E-state index in [4.69, 9.17) is 17.7 Å². The van der Waals surface area contributed by atoms with Crippen molar-refractivity contribution in [2.75, 3.05) is 25.8 Å². The van der Waals surface area contributed by atoms with Crippen molar-refractivity contribution in [3.8, 4) is 0 Å². The normalized spacial score (nSPS) is 15.9. The van der Waals surface area contributed by atoms with E-state index < -0.39 is 25.5 Å². The van der Waals surface area contributed by atoms with Crippen LogP contribution in [0.25, 0.3) is 0 Å². The van der Waals surface area contributed by atoms with Crippen LogP contribution in [-0.4, -0.2) is 69.1 Å². The standard InChI is InChI=1S/C6H14O3S.C5H9NO.CHF3O3S/c1-6(2,3)9-5-10(4,7)8;1-6-4-2-3-5(6)7;2-1(3,4)8(5,6)7/h5H2,1-4H3;2-4H2,1H3;(H,5,6,7). The van der Waals surface area contributed by atoms with E-state index >= 15 is 0 Å². The van der Waals surface area contributed by atoms with E-state index in [9.17, 15) is 26.4 Å². The number of halogens is 3. The fourth-order valence-corrected chi connectivity index (χ4v) is 1.63. The molecule has 0 spiro atoms. The van der Waals surface area contributed by atoms with Crippen LogP contribution in [0, 0.1) is 0 Å². The first-order valence-electron chi connectivity index (χ1n) is 6.85. The third-order valence-electron chi connectivity index (χ3n) is 2.31. The third-order valence-corrected chi connectivity index (χ3v) is 3.44. The Morgan fingerprint density at radius 2 is 1.56 bits per heavy atom. The molecule has 1 heterocycles. The van der Waals surface area contributed by atoms with Gasteiger partial charge in [-0.15, -0.1) is 0 Å². The Hall–Kier alpha value is -0.920. The zero-order valence-corrected chi connectivity index (χ0v) is 16.3. The van der Waals surface area contributed by atoms with Crippen molar-refractivity contribution in [3.63, 3.8) is 0 Å². The van der Waals surface area contributed by atoms with E-state index in [0.717, 1.165) is 25.6 Å². The largest absolute Gasteiger partial charge is 0.522 e. The topological polar surface area (TPSA) is 118 Å². The van der Waals surface area contributed by atoms with Gasteiger partial charge in [0.15, 0.2) is 9.84 Å². The first-order chi connectivity index (χ1) is 10.8. The average Bonchev–Trinajstić information content (AvgIpc) is 2.69. The van der Waals surface area contributed by atoms with Gasteiger partial charge in [-0.2, -0.15) is 21.6 Å². The maximum atomic E-state index is 10.7. The molecule has 0 aliphatic carbocycles. The molecule has 0 aromatic rings. The summed E-state index contributed by atoms with van der Waals surface area (Å²) in [7, 11) is -6.98. The Kier molecular flexibility index (Phi) is 10.2. The smallest absolute Gasteiger partial charge is 0.360 e. The van der Waals surface area contributed by atoms with Crippen LogP contribution in [0.3, 0.4) is 0 Å². The lowest BCUT2D eigenvalue weighted by molar-refractivity contribution is -0.126. The van der Waals surface area contributed by atoms with Crippen molar-refractivity contribution in [1.82, 2.24) is 4.90 Å². The molecule has 1 fully saturated rings. The van der Waals surface area contributed by atoms with Gasteiger partial charge in [-0.25, -0.2) is 8.42 Å². The molecule has 13 heteroatoms. The minimum atomic E-state index is -5.84. The number of rotatable bonds is 2. The number of hydrogen-bond acceptors (Lipinski definition) is 6. The number of carbonyl (C=O) groups excluding carboxylic acids is 1. The second-order valence-corrected chi connectivity index (χ2v) is 9.64. The highest BCUT2D eigenvalue weighted by atomic mass is 32.2. The van der Waals surface area contributed by atoms with Gasteiger partial charge in [0.1, 0.15) is 5.94 Å². The van der Waals surface area contributed by atoms with E-state index in [1.54, 1.807) is 4.90 Å². The second kappa shape index (κ2) is 9.69. The highest BCUT2D eigenvalue weighted by Crippen LogP contribution is 2.20. The number of nitrogens with zero attached hydrogens (tertiary/aromatic N) is 1. The first kappa shape index (κ1) is 26.3. The Bertz CT molecular complexity index is 622. The zero-order valence-electron chi connectivity index (χ0n) is 14.6. The van der Waals surface area contributed by atoms with Crippen molar-refractivity contribution in [3.05, 3.63) is 0 Å². The van der Waals surface area contributed by atoms with Gasteiger partial charge in [-0.1, -0.05) is 0 Å². The van der Waals surface area contributed by atoms with Gasteiger partial charge in [-0.05, 0) is 27.2 Å². The van der Waals surface area contributed by atoms with Crippen molar-refractivity contribution < 1.29 is 44.1 Å². The molecule has 0 aromatic heterocycles. The fraction of sp³-hybridized carbons (Fsp3) is 0.917. The third kappa shape index (κ3) is 16.3. The quantitative estimate of drug-likeness (QED) is 0.535. The van der Waals surface area contributed by atoms with Crippen molar-refractivity contribution in [1.29, 1.82) is 0 Å². The Labute approximate surface area is 146 Å². The minimum absolute atomic E-state index is 0.198. The predicted molar refractivity (Wildman–Crippen MR) is 85.0 cm³/mol. The number of amides is 1. The van der Waals surface area contributed by atoms with Crippen LogP contribution < -0.4 is 0 Å². The van der Waals surface area contributed by atoms with E-state index in [0.29, 0.717) is 5.91 Å². The van der Waals surface area contributed by atoms with E-state index in [1.165, 1.54) is 0 Å². The van der Waals surface area contributed by atoms with Crippen LogP contribution in [0.4, 0.5) is 13.2 Å². The lowest BCUT2D eigenvalue weighted by Gasteiger charge is -2.18. The second-order valence-electron chi connectivity index (χ2n) is 6.14. The molecule has 0 radical (unpaired) electrons. The molecule has 0 bridgehead atoms. The van der Waals surface area contributed by atoms with Gasteiger partial charge < -0.3 is 9.64 Å². The monoisotopic (exact) mass is 415 g/mol.